The van der Waals surface area contributed by atoms with E-state index in [2.05, 4.69) is 23.5 Å². The van der Waals surface area contributed by atoms with Crippen LogP contribution in [0, 0.1) is 0 Å². The number of ether oxygens (including phenoxy) is 2. The maximum Gasteiger partial charge on any atom is 0.319 e. The molecule has 0 fully saturated rings. The van der Waals surface area contributed by atoms with Crippen LogP contribution in [0.25, 0.3) is 0 Å². The quantitative estimate of drug-likeness (QED) is 0.423. The summed E-state index contributed by atoms with van der Waals surface area (Å²) in [6.45, 7) is 7.82. The molecule has 16 heavy (non-hydrogen) atoms. The molecule has 0 aromatic heterocycles. The molecule has 0 spiro atoms. The van der Waals surface area contributed by atoms with Crippen LogP contribution >= 0.6 is 0 Å². The minimum absolute atomic E-state index is 0.179. The number of methoxy groups -OCH3 is 1. The highest BCUT2D eigenvalue weighted by Gasteiger charge is 2.09. The number of nitrogens with zero attached hydrogens (tertiary/aromatic N) is 1. The Bertz CT molecular complexity index is 174. The number of carbonyl (C=O) groups is 1. The van der Waals surface area contributed by atoms with Gasteiger partial charge in [0, 0.05) is 13.2 Å². The summed E-state index contributed by atoms with van der Waals surface area (Å²) < 4.78 is 10.1. The van der Waals surface area contributed by atoms with Gasteiger partial charge in [-0.3, -0.25) is 9.69 Å². The van der Waals surface area contributed by atoms with E-state index in [1.165, 1.54) is 7.11 Å². The van der Waals surface area contributed by atoms with Crippen molar-refractivity contribution in [2.24, 2.45) is 0 Å². The van der Waals surface area contributed by atoms with Gasteiger partial charge in [0.15, 0.2) is 0 Å². The fraction of sp³-hybridized carbons (Fsp3) is 0.917. The monoisotopic (exact) mass is 231 g/mol. The fourth-order valence-corrected chi connectivity index (χ4v) is 1.38. The van der Waals surface area contributed by atoms with Crippen molar-refractivity contribution in [3.63, 3.8) is 0 Å². The van der Waals surface area contributed by atoms with E-state index in [1.807, 2.05) is 0 Å². The van der Waals surface area contributed by atoms with E-state index in [1.54, 1.807) is 0 Å². The Balaban J connectivity index is 3.63. The number of carbonyl (C=O) groups excluding carboxylic acids is 1. The van der Waals surface area contributed by atoms with Crippen LogP contribution < -0.4 is 0 Å². The molecule has 4 heteroatoms. The molecule has 0 aliphatic heterocycles. The zero-order chi connectivity index (χ0) is 12.2. The van der Waals surface area contributed by atoms with Crippen molar-refractivity contribution in [1.29, 1.82) is 0 Å². The third-order valence-corrected chi connectivity index (χ3v) is 2.31. The van der Waals surface area contributed by atoms with E-state index in [4.69, 9.17) is 4.74 Å². The first-order chi connectivity index (χ1) is 7.74. The second-order valence-electron chi connectivity index (χ2n) is 3.82. The fourth-order valence-electron chi connectivity index (χ4n) is 1.38. The van der Waals surface area contributed by atoms with Crippen LogP contribution in [0.3, 0.4) is 0 Å². The highest BCUT2D eigenvalue weighted by Crippen LogP contribution is 1.94. The van der Waals surface area contributed by atoms with Gasteiger partial charge in [0.05, 0.1) is 20.3 Å². The van der Waals surface area contributed by atoms with Crippen LogP contribution in [-0.2, 0) is 14.3 Å². The lowest BCUT2D eigenvalue weighted by Gasteiger charge is -2.19. The Labute approximate surface area is 98.9 Å². The Kier molecular flexibility index (Phi) is 10.5. The van der Waals surface area contributed by atoms with Gasteiger partial charge >= 0.3 is 5.97 Å². The molecule has 4 nitrogen and oxygen atoms in total. The molecule has 0 aliphatic rings. The number of hydrogen-bond acceptors (Lipinski definition) is 4. The molecule has 0 bridgehead atoms. The average molecular weight is 231 g/mol. The molecule has 0 unspecified atom stereocenters. The number of unbranched alkanes of at least 4 members (excludes halogenated alkanes) is 1. The molecule has 0 aromatic carbocycles. The van der Waals surface area contributed by atoms with Gasteiger partial charge in [0.1, 0.15) is 0 Å². The third-order valence-electron chi connectivity index (χ3n) is 2.31. The molecule has 0 aliphatic carbocycles. The van der Waals surface area contributed by atoms with Crippen LogP contribution in [0.5, 0.6) is 0 Å². The van der Waals surface area contributed by atoms with Crippen LogP contribution in [0.1, 0.15) is 33.1 Å². The predicted octanol–water partition coefficient (Wildman–Crippen LogP) is 1.69. The van der Waals surface area contributed by atoms with Crippen molar-refractivity contribution < 1.29 is 14.3 Å². The van der Waals surface area contributed by atoms with Crippen molar-refractivity contribution in [3.05, 3.63) is 0 Å². The summed E-state index contributed by atoms with van der Waals surface area (Å²) in [6, 6.07) is 0. The molecule has 0 saturated heterocycles. The Morgan fingerprint density at radius 3 is 2.44 bits per heavy atom. The van der Waals surface area contributed by atoms with E-state index in [0.717, 1.165) is 39.0 Å². The van der Waals surface area contributed by atoms with E-state index >= 15 is 0 Å². The molecule has 0 aromatic rings. The lowest BCUT2D eigenvalue weighted by molar-refractivity contribution is -0.142. The molecule has 0 rings (SSSR count). The topological polar surface area (TPSA) is 38.8 Å². The molecular weight excluding hydrogens is 206 g/mol. The van der Waals surface area contributed by atoms with Crippen molar-refractivity contribution in [3.8, 4) is 0 Å². The summed E-state index contributed by atoms with van der Waals surface area (Å²) in [5.41, 5.74) is 0. The first-order valence-corrected chi connectivity index (χ1v) is 6.11. The number of hydrogen-bond donors (Lipinski definition) is 0. The summed E-state index contributed by atoms with van der Waals surface area (Å²) in [4.78, 5) is 13.2. The van der Waals surface area contributed by atoms with E-state index in [0.29, 0.717) is 13.2 Å². The Hall–Kier alpha value is -0.610. The van der Waals surface area contributed by atoms with Gasteiger partial charge < -0.3 is 9.47 Å². The van der Waals surface area contributed by atoms with Crippen LogP contribution in [-0.4, -0.2) is 50.8 Å². The largest absolute Gasteiger partial charge is 0.468 e. The molecule has 0 N–H and O–H groups in total. The van der Waals surface area contributed by atoms with E-state index in [-0.39, 0.29) is 5.97 Å². The lowest BCUT2D eigenvalue weighted by Crippen LogP contribution is -2.34. The average Bonchev–Trinajstić information content (AvgIpc) is 2.28. The highest BCUT2D eigenvalue weighted by atomic mass is 16.5. The Morgan fingerprint density at radius 2 is 1.88 bits per heavy atom. The van der Waals surface area contributed by atoms with E-state index < -0.39 is 0 Å². The SMILES string of the molecule is CCCCOCCN(CCC)CC(=O)OC. The molecule has 0 heterocycles. The normalized spacial score (nSPS) is 10.8. The van der Waals surface area contributed by atoms with Crippen LogP contribution in [0.4, 0.5) is 0 Å². The highest BCUT2D eigenvalue weighted by molar-refractivity contribution is 5.71. The molecule has 96 valence electrons. The second-order valence-corrected chi connectivity index (χ2v) is 3.82. The van der Waals surface area contributed by atoms with Crippen LogP contribution in [0.2, 0.25) is 0 Å². The standard InChI is InChI=1S/C12H25NO3/c1-4-6-9-16-10-8-13(7-5-2)11-12(14)15-3/h4-11H2,1-3H3. The maximum atomic E-state index is 11.1. The first-order valence-electron chi connectivity index (χ1n) is 6.11. The molecule has 0 saturated carbocycles. The van der Waals surface area contributed by atoms with Gasteiger partial charge in [0.2, 0.25) is 0 Å². The molecular formula is C12H25NO3. The predicted molar refractivity (Wildman–Crippen MR) is 64.5 cm³/mol. The zero-order valence-electron chi connectivity index (χ0n) is 10.8. The van der Waals surface area contributed by atoms with Gasteiger partial charge in [-0.1, -0.05) is 20.3 Å². The molecule has 0 amide bonds. The van der Waals surface area contributed by atoms with Crippen LogP contribution in [0.15, 0.2) is 0 Å². The van der Waals surface area contributed by atoms with E-state index in [9.17, 15) is 4.79 Å². The second kappa shape index (κ2) is 10.9. The maximum absolute atomic E-state index is 11.1. The summed E-state index contributed by atoms with van der Waals surface area (Å²) >= 11 is 0. The summed E-state index contributed by atoms with van der Waals surface area (Å²) in [5, 5.41) is 0. The first kappa shape index (κ1) is 15.4. The summed E-state index contributed by atoms with van der Waals surface area (Å²) in [6.07, 6.45) is 3.29. The van der Waals surface area contributed by atoms with Gasteiger partial charge in [-0.05, 0) is 19.4 Å². The van der Waals surface area contributed by atoms with Crippen molar-refractivity contribution in [2.45, 2.75) is 33.1 Å². The number of esters is 1. The smallest absolute Gasteiger partial charge is 0.319 e. The summed E-state index contributed by atoms with van der Waals surface area (Å²) in [5.74, 6) is -0.179. The van der Waals surface area contributed by atoms with Crippen molar-refractivity contribution in [1.82, 2.24) is 4.90 Å². The molecule has 0 radical (unpaired) electrons. The van der Waals surface area contributed by atoms with Crippen molar-refractivity contribution in [2.75, 3.05) is 40.0 Å². The van der Waals surface area contributed by atoms with Crippen molar-refractivity contribution >= 4 is 5.97 Å². The minimum atomic E-state index is -0.179. The minimum Gasteiger partial charge on any atom is -0.468 e. The lowest BCUT2D eigenvalue weighted by atomic mass is 10.3. The third kappa shape index (κ3) is 8.68. The molecule has 0 atom stereocenters. The summed E-state index contributed by atoms with van der Waals surface area (Å²) in [7, 11) is 1.42. The Morgan fingerprint density at radius 1 is 1.12 bits per heavy atom. The van der Waals surface area contributed by atoms with Gasteiger partial charge in [0.25, 0.3) is 0 Å². The van der Waals surface area contributed by atoms with Gasteiger partial charge in [-0.15, -0.1) is 0 Å². The van der Waals surface area contributed by atoms with Gasteiger partial charge in [-0.2, -0.15) is 0 Å². The number of rotatable bonds is 10. The zero-order valence-corrected chi connectivity index (χ0v) is 10.8. The van der Waals surface area contributed by atoms with Gasteiger partial charge in [-0.25, -0.2) is 0 Å².